The van der Waals surface area contributed by atoms with E-state index in [9.17, 15) is 4.21 Å². The Balaban J connectivity index is 2.23. The van der Waals surface area contributed by atoms with Crippen molar-refractivity contribution in [2.45, 2.75) is 37.4 Å². The minimum Gasteiger partial charge on any atom is -0.397 e. The third kappa shape index (κ3) is 2.71. The zero-order valence-electron chi connectivity index (χ0n) is 10.1. The maximum atomic E-state index is 11.9. The highest BCUT2D eigenvalue weighted by molar-refractivity contribution is 9.10. The van der Waals surface area contributed by atoms with Crippen LogP contribution in [0.1, 0.15) is 38.3 Å². The number of hydrogen-bond acceptors (Lipinski definition) is 3. The van der Waals surface area contributed by atoms with E-state index in [-0.39, 0.29) is 4.75 Å². The lowest BCUT2D eigenvalue weighted by atomic mass is 9.90. The molecule has 2 unspecified atom stereocenters. The van der Waals surface area contributed by atoms with Gasteiger partial charge in [0, 0.05) is 32.9 Å². The Morgan fingerprint density at radius 1 is 1.53 bits per heavy atom. The van der Waals surface area contributed by atoms with Crippen LogP contribution in [-0.2, 0) is 10.8 Å². The van der Waals surface area contributed by atoms with Gasteiger partial charge in [0.05, 0.1) is 5.69 Å². The molecule has 0 saturated carbocycles. The summed E-state index contributed by atoms with van der Waals surface area (Å²) in [5.41, 5.74) is 7.45. The summed E-state index contributed by atoms with van der Waals surface area (Å²) < 4.78 is 12.5. The van der Waals surface area contributed by atoms with E-state index < -0.39 is 10.8 Å². The predicted octanol–water partition coefficient (Wildman–Crippen LogP) is 2.83. The molecule has 5 heteroatoms. The lowest BCUT2D eigenvalue weighted by molar-refractivity contribution is 0.475. The molecule has 0 radical (unpaired) electrons. The first-order chi connectivity index (χ1) is 7.90. The first-order valence-corrected chi connectivity index (χ1v) is 7.82. The van der Waals surface area contributed by atoms with Crippen molar-refractivity contribution in [2.75, 3.05) is 11.5 Å². The second-order valence-electron chi connectivity index (χ2n) is 5.12. The molecular formula is C12H17BrN2OS. The molecule has 1 aromatic heterocycles. The largest absolute Gasteiger partial charge is 0.397 e. The van der Waals surface area contributed by atoms with Crippen LogP contribution in [-0.4, -0.2) is 19.7 Å². The van der Waals surface area contributed by atoms with E-state index >= 15 is 0 Å². The minimum atomic E-state index is -0.719. The van der Waals surface area contributed by atoms with Crippen LogP contribution in [0.3, 0.4) is 0 Å². The smallest absolute Gasteiger partial charge is 0.129 e. The van der Waals surface area contributed by atoms with Gasteiger partial charge in [-0.1, -0.05) is 0 Å². The van der Waals surface area contributed by atoms with Gasteiger partial charge in [-0.15, -0.1) is 0 Å². The van der Waals surface area contributed by atoms with Gasteiger partial charge in [0.15, 0.2) is 0 Å². The number of halogens is 1. The van der Waals surface area contributed by atoms with Crippen LogP contribution in [0.15, 0.2) is 16.7 Å². The van der Waals surface area contributed by atoms with Crippen LogP contribution in [0.4, 0.5) is 5.69 Å². The van der Waals surface area contributed by atoms with Crippen LogP contribution < -0.4 is 5.73 Å². The van der Waals surface area contributed by atoms with E-state index in [2.05, 4.69) is 34.8 Å². The van der Waals surface area contributed by atoms with Gasteiger partial charge in [0.1, 0.15) is 4.60 Å². The molecule has 2 rings (SSSR count). The molecule has 2 atom stereocenters. The fourth-order valence-electron chi connectivity index (χ4n) is 2.25. The zero-order valence-corrected chi connectivity index (χ0v) is 12.5. The molecule has 94 valence electrons. The van der Waals surface area contributed by atoms with Gasteiger partial charge in [0.25, 0.3) is 0 Å². The lowest BCUT2D eigenvalue weighted by Gasteiger charge is -2.34. The van der Waals surface area contributed by atoms with Crippen LogP contribution in [0.5, 0.6) is 0 Å². The number of hydrogen-bond donors (Lipinski definition) is 1. The van der Waals surface area contributed by atoms with Crippen molar-refractivity contribution in [3.63, 3.8) is 0 Å². The number of nitrogens with two attached hydrogens (primary N) is 1. The fourth-order valence-corrected chi connectivity index (χ4v) is 4.03. The third-order valence-corrected chi connectivity index (χ3v) is 5.96. The molecule has 2 N–H and O–H groups in total. The molecule has 0 amide bonds. The van der Waals surface area contributed by atoms with Gasteiger partial charge in [-0.05, 0) is 54.8 Å². The molecule has 0 bridgehead atoms. The lowest BCUT2D eigenvalue weighted by Crippen LogP contribution is -2.36. The Morgan fingerprint density at radius 3 is 2.82 bits per heavy atom. The summed E-state index contributed by atoms with van der Waals surface area (Å²) in [7, 11) is -0.719. The van der Waals surface area contributed by atoms with Gasteiger partial charge >= 0.3 is 0 Å². The van der Waals surface area contributed by atoms with Crippen LogP contribution >= 0.6 is 15.9 Å². The molecule has 1 aromatic rings. The van der Waals surface area contributed by atoms with Gasteiger partial charge in [-0.2, -0.15) is 0 Å². The summed E-state index contributed by atoms with van der Waals surface area (Å²) >= 11 is 3.36. The molecule has 17 heavy (non-hydrogen) atoms. The minimum absolute atomic E-state index is 0.113. The Kier molecular flexibility index (Phi) is 3.59. The Morgan fingerprint density at radius 2 is 2.24 bits per heavy atom. The third-order valence-electron chi connectivity index (χ3n) is 3.32. The van der Waals surface area contributed by atoms with Crippen LogP contribution in [0.2, 0.25) is 0 Å². The number of nitrogens with zero attached hydrogens (tertiary/aromatic N) is 1. The van der Waals surface area contributed by atoms with E-state index in [0.29, 0.717) is 16.2 Å². The van der Waals surface area contributed by atoms with E-state index in [0.717, 1.165) is 24.3 Å². The first kappa shape index (κ1) is 13.0. The Hall–Kier alpha value is -0.420. The number of pyridine rings is 1. The maximum Gasteiger partial charge on any atom is 0.129 e. The highest BCUT2D eigenvalue weighted by Crippen LogP contribution is 2.37. The average Bonchev–Trinajstić information content (AvgIpc) is 2.26. The van der Waals surface area contributed by atoms with Gasteiger partial charge in [-0.25, -0.2) is 4.98 Å². The number of rotatable bonds is 1. The standard InChI is InChI=1S/C12H17BrN2OS/c1-12(2)7-8(5-6-17(12)16)10-4-3-9(14)11(13)15-10/h3-4,8H,5-7,14H2,1-2H3. The Labute approximate surface area is 113 Å². The summed E-state index contributed by atoms with van der Waals surface area (Å²) in [4.78, 5) is 4.48. The highest BCUT2D eigenvalue weighted by Gasteiger charge is 2.35. The second-order valence-corrected chi connectivity index (χ2v) is 8.07. The molecule has 2 heterocycles. The summed E-state index contributed by atoms with van der Waals surface area (Å²) in [6.07, 6.45) is 1.86. The molecule has 1 fully saturated rings. The zero-order chi connectivity index (χ0) is 12.6. The molecule has 1 aliphatic heterocycles. The van der Waals surface area contributed by atoms with Crippen LogP contribution in [0.25, 0.3) is 0 Å². The van der Waals surface area contributed by atoms with Crippen molar-refractivity contribution in [3.05, 3.63) is 22.4 Å². The molecule has 1 aliphatic rings. The van der Waals surface area contributed by atoms with Gasteiger partial charge in [-0.3, -0.25) is 4.21 Å². The normalized spacial score (nSPS) is 27.9. The van der Waals surface area contributed by atoms with E-state index in [4.69, 9.17) is 5.73 Å². The summed E-state index contributed by atoms with van der Waals surface area (Å²) in [5.74, 6) is 1.15. The molecule has 0 aromatic carbocycles. The number of aromatic nitrogens is 1. The second kappa shape index (κ2) is 4.69. The predicted molar refractivity (Wildman–Crippen MR) is 75.4 cm³/mol. The molecule has 0 spiro atoms. The van der Waals surface area contributed by atoms with Crippen molar-refractivity contribution in [1.82, 2.24) is 4.98 Å². The van der Waals surface area contributed by atoms with Crippen molar-refractivity contribution in [2.24, 2.45) is 0 Å². The number of anilines is 1. The van der Waals surface area contributed by atoms with E-state index in [1.165, 1.54) is 0 Å². The van der Waals surface area contributed by atoms with Crippen molar-refractivity contribution < 1.29 is 4.21 Å². The summed E-state index contributed by atoms with van der Waals surface area (Å²) in [6.45, 7) is 4.14. The fraction of sp³-hybridized carbons (Fsp3) is 0.583. The first-order valence-electron chi connectivity index (χ1n) is 5.70. The van der Waals surface area contributed by atoms with Crippen molar-refractivity contribution in [1.29, 1.82) is 0 Å². The Bertz CT molecular complexity index is 462. The summed E-state index contributed by atoms with van der Waals surface area (Å²) in [5, 5.41) is 0. The topological polar surface area (TPSA) is 56.0 Å². The SMILES string of the molecule is CC1(C)CC(c2ccc(N)c(Br)n2)CCS1=O. The van der Waals surface area contributed by atoms with Crippen LogP contribution in [0, 0.1) is 0 Å². The monoisotopic (exact) mass is 316 g/mol. The average molecular weight is 317 g/mol. The molecular weight excluding hydrogens is 300 g/mol. The van der Waals surface area contributed by atoms with E-state index in [1.54, 1.807) is 0 Å². The molecule has 0 aliphatic carbocycles. The molecule has 1 saturated heterocycles. The van der Waals surface area contributed by atoms with Crippen molar-refractivity contribution in [3.8, 4) is 0 Å². The van der Waals surface area contributed by atoms with Gasteiger partial charge < -0.3 is 5.73 Å². The van der Waals surface area contributed by atoms with E-state index in [1.807, 2.05) is 12.1 Å². The summed E-state index contributed by atoms with van der Waals surface area (Å²) in [6, 6.07) is 3.86. The van der Waals surface area contributed by atoms with Crippen molar-refractivity contribution >= 4 is 32.4 Å². The maximum absolute atomic E-state index is 11.9. The quantitative estimate of drug-likeness (QED) is 0.810. The highest BCUT2D eigenvalue weighted by atomic mass is 79.9. The van der Waals surface area contributed by atoms with Gasteiger partial charge in [0.2, 0.25) is 0 Å². The number of nitrogen functional groups attached to an aromatic ring is 1. The molecule has 3 nitrogen and oxygen atoms in total.